The number of hydrazine groups is 1. The summed E-state index contributed by atoms with van der Waals surface area (Å²) in [5.74, 6) is -1.88. The molecule has 34 heavy (non-hydrogen) atoms. The van der Waals surface area contributed by atoms with Gasteiger partial charge in [0.05, 0.1) is 0 Å². The van der Waals surface area contributed by atoms with Crippen molar-refractivity contribution in [2.24, 2.45) is 0 Å². The average Bonchev–Trinajstić information content (AvgIpc) is 3.34. The number of nitrogens with one attached hydrogen (secondary N) is 4. The Bertz CT molecular complexity index is 967. The molecule has 2 amide bonds. The fraction of sp³-hybridized carbons (Fsp3) is 0.400. The zero-order valence-electron chi connectivity index (χ0n) is 19.2. The lowest BCUT2D eigenvalue weighted by atomic mass is 9.97. The molecule has 3 unspecified atom stereocenters. The molecule has 1 fully saturated rings. The van der Waals surface area contributed by atoms with Gasteiger partial charge in [-0.2, -0.15) is 0 Å². The highest BCUT2D eigenvalue weighted by atomic mass is 16.4. The molecule has 0 spiro atoms. The Morgan fingerprint density at radius 1 is 0.971 bits per heavy atom. The highest BCUT2D eigenvalue weighted by Crippen LogP contribution is 2.20. The normalized spacial score (nSPS) is 19.2. The van der Waals surface area contributed by atoms with E-state index in [-0.39, 0.29) is 24.7 Å². The second-order valence-electron chi connectivity index (χ2n) is 8.48. The lowest BCUT2D eigenvalue weighted by Crippen LogP contribution is -2.49. The minimum absolute atomic E-state index is 0.137. The van der Waals surface area contributed by atoms with E-state index in [0.29, 0.717) is 13.0 Å². The molecule has 1 aliphatic heterocycles. The summed E-state index contributed by atoms with van der Waals surface area (Å²) >= 11 is 0. The lowest BCUT2D eigenvalue weighted by Gasteiger charge is -2.22. The van der Waals surface area contributed by atoms with Gasteiger partial charge in [-0.05, 0) is 36.0 Å². The highest BCUT2D eigenvalue weighted by molar-refractivity contribution is 5.87. The van der Waals surface area contributed by atoms with Crippen molar-refractivity contribution in [1.82, 2.24) is 21.5 Å². The van der Waals surface area contributed by atoms with E-state index in [4.69, 9.17) is 5.11 Å². The van der Waals surface area contributed by atoms with Crippen LogP contribution >= 0.6 is 0 Å². The first-order chi connectivity index (χ1) is 16.4. The predicted molar refractivity (Wildman–Crippen MR) is 128 cm³/mol. The molecule has 1 aliphatic rings. The average molecular weight is 469 g/mol. The van der Waals surface area contributed by atoms with Gasteiger partial charge in [-0.1, -0.05) is 61.5 Å². The maximum Gasteiger partial charge on any atom is 0.332 e. The molecule has 3 rings (SSSR count). The summed E-state index contributed by atoms with van der Waals surface area (Å²) in [5.41, 5.74) is 8.69. The van der Waals surface area contributed by atoms with Crippen LogP contribution in [-0.4, -0.2) is 58.8 Å². The number of benzene rings is 2. The number of carboxylic acid groups (broad SMARTS) is 1. The van der Waals surface area contributed by atoms with Crippen LogP contribution in [0, 0.1) is 0 Å². The van der Waals surface area contributed by atoms with Crippen molar-refractivity contribution in [2.45, 2.75) is 56.8 Å². The smallest absolute Gasteiger partial charge is 0.332 e. The first kappa shape index (κ1) is 25.4. The third kappa shape index (κ3) is 7.11. The summed E-state index contributed by atoms with van der Waals surface area (Å²) in [6.45, 7) is 2.52. The topological polar surface area (TPSA) is 140 Å². The number of aliphatic hydroxyl groups is 1. The molecule has 2 aromatic carbocycles. The monoisotopic (exact) mass is 468 g/mol. The molecule has 182 valence electrons. The van der Waals surface area contributed by atoms with Gasteiger partial charge < -0.3 is 20.8 Å². The molecule has 9 nitrogen and oxygen atoms in total. The van der Waals surface area contributed by atoms with E-state index < -0.39 is 30.2 Å². The highest BCUT2D eigenvalue weighted by Gasteiger charge is 2.34. The molecule has 0 aromatic heterocycles. The Kier molecular flexibility index (Phi) is 9.15. The summed E-state index contributed by atoms with van der Waals surface area (Å²) in [6, 6.07) is 15.9. The number of carboxylic acids is 1. The van der Waals surface area contributed by atoms with Gasteiger partial charge in [0, 0.05) is 19.0 Å². The summed E-state index contributed by atoms with van der Waals surface area (Å²) in [7, 11) is 0. The van der Waals surface area contributed by atoms with Crippen molar-refractivity contribution >= 4 is 17.8 Å². The number of amides is 2. The first-order valence-electron chi connectivity index (χ1n) is 11.5. The molecular weight excluding hydrogens is 436 g/mol. The molecule has 1 heterocycles. The van der Waals surface area contributed by atoms with Gasteiger partial charge in [0.15, 0.2) is 6.10 Å². The van der Waals surface area contributed by atoms with Gasteiger partial charge >= 0.3 is 5.97 Å². The van der Waals surface area contributed by atoms with Gasteiger partial charge in [-0.15, -0.1) is 0 Å². The number of carbonyl (C=O) groups excluding carboxylic acids is 2. The summed E-state index contributed by atoms with van der Waals surface area (Å²) < 4.78 is 0. The van der Waals surface area contributed by atoms with Crippen LogP contribution in [0.4, 0.5) is 0 Å². The molecule has 6 N–H and O–H groups in total. The van der Waals surface area contributed by atoms with Gasteiger partial charge in [-0.25, -0.2) is 15.6 Å². The van der Waals surface area contributed by atoms with Gasteiger partial charge in [0.2, 0.25) is 11.8 Å². The summed E-state index contributed by atoms with van der Waals surface area (Å²) in [5, 5.41) is 24.7. The van der Waals surface area contributed by atoms with Crippen molar-refractivity contribution < 1.29 is 24.6 Å². The SMILES string of the molecule is CCCNC(=O)C1CC(C(=O)NC(Cc2ccc(-c3ccccc3)cc2)C[C@@H](O)C(=O)O)NN1. The summed E-state index contributed by atoms with van der Waals surface area (Å²) in [4.78, 5) is 36.2. The quantitative estimate of drug-likeness (QED) is 0.289. The van der Waals surface area contributed by atoms with Crippen molar-refractivity contribution in [3.05, 3.63) is 60.2 Å². The number of aliphatic hydroxyl groups excluding tert-OH is 1. The van der Waals surface area contributed by atoms with Crippen molar-refractivity contribution in [3.63, 3.8) is 0 Å². The van der Waals surface area contributed by atoms with Crippen LogP contribution in [0.2, 0.25) is 0 Å². The van der Waals surface area contributed by atoms with E-state index in [0.717, 1.165) is 23.1 Å². The Labute approximate surface area is 198 Å². The first-order valence-corrected chi connectivity index (χ1v) is 11.5. The van der Waals surface area contributed by atoms with Gasteiger partial charge in [0.1, 0.15) is 12.1 Å². The molecule has 0 saturated carbocycles. The van der Waals surface area contributed by atoms with Crippen LogP contribution in [0.15, 0.2) is 54.6 Å². The van der Waals surface area contributed by atoms with Crippen LogP contribution < -0.4 is 21.5 Å². The van der Waals surface area contributed by atoms with Crippen molar-refractivity contribution in [2.75, 3.05) is 6.54 Å². The number of rotatable bonds is 11. The number of hydrogen-bond acceptors (Lipinski definition) is 6. The Balaban J connectivity index is 1.63. The van der Waals surface area contributed by atoms with Crippen LogP contribution in [0.3, 0.4) is 0 Å². The van der Waals surface area contributed by atoms with Crippen LogP contribution in [0.5, 0.6) is 0 Å². The fourth-order valence-electron chi connectivity index (χ4n) is 3.89. The van der Waals surface area contributed by atoms with E-state index in [2.05, 4.69) is 21.5 Å². The van der Waals surface area contributed by atoms with E-state index in [1.165, 1.54) is 0 Å². The van der Waals surface area contributed by atoms with Gasteiger partial charge in [-0.3, -0.25) is 9.59 Å². The largest absolute Gasteiger partial charge is 0.479 e. The Hall–Kier alpha value is -3.27. The lowest BCUT2D eigenvalue weighted by molar-refractivity contribution is -0.147. The van der Waals surface area contributed by atoms with Crippen molar-refractivity contribution in [1.29, 1.82) is 0 Å². The number of aliphatic carboxylic acids is 1. The van der Waals surface area contributed by atoms with E-state index in [9.17, 15) is 19.5 Å². The second kappa shape index (κ2) is 12.3. The predicted octanol–water partition coefficient (Wildman–Crippen LogP) is 0.978. The standard InChI is InChI=1S/C25H32N4O5/c1-2-12-26-23(31)20-15-21(29-28-20)24(32)27-19(14-22(30)25(33)34)13-16-8-10-18(11-9-16)17-6-4-3-5-7-17/h3-11,19-22,28-30H,2,12-15H2,1H3,(H,26,31)(H,27,32)(H,33,34)/t19?,20?,21?,22-/m1/s1. The maximum absolute atomic E-state index is 12.8. The fourth-order valence-corrected chi connectivity index (χ4v) is 3.89. The minimum atomic E-state index is -1.60. The van der Waals surface area contributed by atoms with Crippen LogP contribution in [0.25, 0.3) is 11.1 Å². The minimum Gasteiger partial charge on any atom is -0.479 e. The zero-order chi connectivity index (χ0) is 24.5. The van der Waals surface area contributed by atoms with E-state index in [1.54, 1.807) is 0 Å². The van der Waals surface area contributed by atoms with Gasteiger partial charge in [0.25, 0.3) is 0 Å². The van der Waals surface area contributed by atoms with E-state index in [1.807, 2.05) is 61.5 Å². The molecule has 0 aliphatic carbocycles. The third-order valence-corrected chi connectivity index (χ3v) is 5.77. The van der Waals surface area contributed by atoms with Crippen LogP contribution in [0.1, 0.15) is 31.7 Å². The molecule has 0 bridgehead atoms. The molecule has 1 saturated heterocycles. The summed E-state index contributed by atoms with van der Waals surface area (Å²) in [6.07, 6.45) is -0.304. The molecule has 9 heteroatoms. The molecule has 4 atom stereocenters. The maximum atomic E-state index is 12.8. The molecule has 0 radical (unpaired) electrons. The zero-order valence-corrected chi connectivity index (χ0v) is 19.2. The number of carbonyl (C=O) groups is 3. The number of hydrogen-bond donors (Lipinski definition) is 6. The molecule has 2 aromatic rings. The van der Waals surface area contributed by atoms with E-state index >= 15 is 0 Å². The third-order valence-electron chi connectivity index (χ3n) is 5.77. The second-order valence-corrected chi connectivity index (χ2v) is 8.48. The Morgan fingerprint density at radius 3 is 2.21 bits per heavy atom. The Morgan fingerprint density at radius 2 is 1.59 bits per heavy atom. The molecular formula is C25H32N4O5. The van der Waals surface area contributed by atoms with Crippen molar-refractivity contribution in [3.8, 4) is 11.1 Å². The van der Waals surface area contributed by atoms with Crippen LogP contribution in [-0.2, 0) is 20.8 Å².